The Morgan fingerprint density at radius 2 is 1.80 bits per heavy atom. The number of nitrogens with one attached hydrogen (secondary N) is 1. The molecule has 4 heterocycles. The Labute approximate surface area is 200 Å². The Hall–Kier alpha value is -4.34. The normalized spacial score (nSPS) is 14.7. The quantitative estimate of drug-likeness (QED) is 0.423. The van der Waals surface area contributed by atoms with Crippen LogP contribution in [0.2, 0.25) is 0 Å². The van der Waals surface area contributed by atoms with Crippen molar-refractivity contribution in [3.8, 4) is 0 Å². The summed E-state index contributed by atoms with van der Waals surface area (Å²) in [7, 11) is 0. The molecule has 0 atom stereocenters. The van der Waals surface area contributed by atoms with Crippen LogP contribution in [-0.4, -0.2) is 58.6 Å². The molecule has 0 bridgehead atoms. The molecule has 2 aromatic carbocycles. The van der Waals surface area contributed by atoms with Crippen molar-refractivity contribution in [3.63, 3.8) is 0 Å². The van der Waals surface area contributed by atoms with Crippen molar-refractivity contribution in [3.05, 3.63) is 82.8 Å². The van der Waals surface area contributed by atoms with Gasteiger partial charge in [-0.2, -0.15) is 5.10 Å². The van der Waals surface area contributed by atoms with Crippen molar-refractivity contribution in [1.82, 2.24) is 39.6 Å². The molecule has 0 saturated carbocycles. The Balaban J connectivity index is 1.13. The van der Waals surface area contributed by atoms with Crippen LogP contribution >= 0.6 is 0 Å². The number of imidazole rings is 1. The molecule has 5 aromatic rings. The van der Waals surface area contributed by atoms with Crippen LogP contribution < -0.4 is 5.56 Å². The topological polar surface area (TPSA) is 115 Å². The fourth-order valence-electron chi connectivity index (χ4n) is 4.91. The highest BCUT2D eigenvalue weighted by molar-refractivity contribution is 5.88. The minimum atomic E-state index is -0.244. The third-order valence-electron chi connectivity index (χ3n) is 6.76. The molecule has 6 rings (SSSR count). The molecule has 3 aromatic heterocycles. The van der Waals surface area contributed by atoms with Crippen molar-refractivity contribution >= 4 is 27.7 Å². The van der Waals surface area contributed by atoms with Crippen LogP contribution in [0.15, 0.2) is 65.7 Å². The summed E-state index contributed by atoms with van der Waals surface area (Å²) < 4.78 is 3.99. The molecule has 35 heavy (non-hydrogen) atoms. The van der Waals surface area contributed by atoms with Crippen LogP contribution in [0.25, 0.3) is 21.8 Å². The van der Waals surface area contributed by atoms with Crippen LogP contribution in [0.4, 0.5) is 0 Å². The summed E-state index contributed by atoms with van der Waals surface area (Å²) in [4.78, 5) is 31.6. The Morgan fingerprint density at radius 1 is 1.03 bits per heavy atom. The van der Waals surface area contributed by atoms with E-state index >= 15 is 0 Å². The number of carbonyl (C=O) groups excluding carboxylic acids is 1. The van der Waals surface area contributed by atoms with Gasteiger partial charge in [-0.15, -0.1) is 5.10 Å². The molecule has 1 N–H and O–H groups in total. The number of carbonyl (C=O) groups is 1. The highest BCUT2D eigenvalue weighted by Gasteiger charge is 2.27. The number of rotatable bonds is 5. The van der Waals surface area contributed by atoms with Crippen molar-refractivity contribution < 1.29 is 4.79 Å². The van der Waals surface area contributed by atoms with Gasteiger partial charge in [-0.1, -0.05) is 35.5 Å². The van der Waals surface area contributed by atoms with E-state index in [4.69, 9.17) is 0 Å². The van der Waals surface area contributed by atoms with Crippen molar-refractivity contribution in [2.24, 2.45) is 0 Å². The minimum Gasteiger partial charge on any atom is -0.342 e. The minimum absolute atomic E-state index is 0.0191. The number of fused-ring (bicyclic) bond motifs is 2. The van der Waals surface area contributed by atoms with Crippen molar-refractivity contribution in [1.29, 1.82) is 0 Å². The van der Waals surface area contributed by atoms with E-state index in [-0.39, 0.29) is 23.8 Å². The van der Waals surface area contributed by atoms with Gasteiger partial charge in [-0.05, 0) is 31.0 Å². The van der Waals surface area contributed by atoms with Crippen molar-refractivity contribution in [2.75, 3.05) is 13.1 Å². The lowest BCUT2D eigenvalue weighted by Crippen LogP contribution is -2.39. The van der Waals surface area contributed by atoms with Gasteiger partial charge in [0.2, 0.25) is 5.91 Å². The van der Waals surface area contributed by atoms with Crippen LogP contribution in [0, 0.1) is 0 Å². The summed E-state index contributed by atoms with van der Waals surface area (Å²) in [6.45, 7) is 1.85. The van der Waals surface area contributed by atoms with Gasteiger partial charge in [-0.3, -0.25) is 9.59 Å². The Morgan fingerprint density at radius 3 is 2.66 bits per heavy atom. The molecule has 0 radical (unpaired) electrons. The first kappa shape index (κ1) is 21.2. The number of nitrogens with zero attached hydrogens (tertiary/aromatic N) is 7. The van der Waals surface area contributed by atoms with Crippen molar-refractivity contribution in [2.45, 2.75) is 31.8 Å². The third kappa shape index (κ3) is 3.96. The van der Waals surface area contributed by atoms with Crippen LogP contribution in [0.5, 0.6) is 0 Å². The number of amides is 1. The van der Waals surface area contributed by atoms with Crippen LogP contribution in [0.3, 0.4) is 0 Å². The van der Waals surface area contributed by atoms with E-state index in [1.165, 1.54) is 0 Å². The van der Waals surface area contributed by atoms with Gasteiger partial charge < -0.3 is 9.47 Å². The van der Waals surface area contributed by atoms with E-state index in [0.717, 1.165) is 35.1 Å². The maximum atomic E-state index is 13.0. The molecule has 0 unspecified atom stereocenters. The van der Waals surface area contributed by atoms with E-state index in [1.54, 1.807) is 6.07 Å². The zero-order chi connectivity index (χ0) is 23.8. The molecule has 10 nitrogen and oxygen atoms in total. The number of H-pyrrole nitrogens is 1. The first-order chi connectivity index (χ1) is 17.2. The molecule has 176 valence electrons. The van der Waals surface area contributed by atoms with Gasteiger partial charge in [-0.25, -0.2) is 14.8 Å². The van der Waals surface area contributed by atoms with E-state index in [0.29, 0.717) is 30.8 Å². The molecule has 0 aliphatic carbocycles. The number of para-hydroxylation sites is 1. The SMILES string of the molecule is O=C(Cc1n[nH]c(=O)c2ccccc12)N1CCC(c2nccn2Cn2nnc3ccccc32)CC1. The number of benzene rings is 2. The average Bonchev–Trinajstić information content (AvgIpc) is 3.53. The highest BCUT2D eigenvalue weighted by atomic mass is 16.2. The average molecular weight is 469 g/mol. The van der Waals surface area contributed by atoms with E-state index in [1.807, 2.05) is 64.4 Å². The van der Waals surface area contributed by atoms with Gasteiger partial charge in [0.15, 0.2) is 0 Å². The standard InChI is InChI=1S/C25H24N8O2/c34-23(15-21-18-5-1-2-6-19(18)25(35)29-27-21)31-12-9-17(10-13-31)24-26-11-14-32(24)16-33-22-8-4-3-7-20(22)28-30-33/h1-8,11,14,17H,9-10,12-13,15-16H2,(H,29,35). The van der Waals surface area contributed by atoms with Gasteiger partial charge in [0.1, 0.15) is 18.0 Å². The number of piperidine rings is 1. The van der Waals surface area contributed by atoms with E-state index in [2.05, 4.69) is 30.1 Å². The summed E-state index contributed by atoms with van der Waals surface area (Å²) >= 11 is 0. The van der Waals surface area contributed by atoms with Crippen LogP contribution in [-0.2, 0) is 17.9 Å². The second-order valence-corrected chi connectivity index (χ2v) is 8.85. The molecular weight excluding hydrogens is 444 g/mol. The van der Waals surface area contributed by atoms with Gasteiger partial charge in [0.25, 0.3) is 5.56 Å². The summed E-state index contributed by atoms with van der Waals surface area (Å²) in [6, 6.07) is 15.1. The molecular formula is C25H24N8O2. The maximum Gasteiger partial charge on any atom is 0.272 e. The largest absolute Gasteiger partial charge is 0.342 e. The predicted molar refractivity (Wildman–Crippen MR) is 130 cm³/mol. The number of hydrogen-bond acceptors (Lipinski definition) is 6. The zero-order valence-electron chi connectivity index (χ0n) is 19.0. The number of aromatic amines is 1. The summed E-state index contributed by atoms with van der Waals surface area (Å²) in [5.41, 5.74) is 2.21. The Kier molecular flexibility index (Phi) is 5.32. The summed E-state index contributed by atoms with van der Waals surface area (Å²) in [5.74, 6) is 1.28. The lowest BCUT2D eigenvalue weighted by atomic mass is 9.95. The second kappa shape index (κ2) is 8.79. The van der Waals surface area contributed by atoms with Gasteiger partial charge >= 0.3 is 0 Å². The summed E-state index contributed by atoms with van der Waals surface area (Å²) in [6.07, 6.45) is 5.62. The maximum absolute atomic E-state index is 13.0. The predicted octanol–water partition coefficient (Wildman–Crippen LogP) is 2.32. The lowest BCUT2D eigenvalue weighted by Gasteiger charge is -2.32. The summed E-state index contributed by atoms with van der Waals surface area (Å²) in [5, 5.41) is 16.5. The molecule has 1 aliphatic heterocycles. The number of aromatic nitrogens is 7. The first-order valence-corrected chi connectivity index (χ1v) is 11.7. The molecule has 1 aliphatic rings. The fourth-order valence-corrected chi connectivity index (χ4v) is 4.91. The van der Waals surface area contributed by atoms with Gasteiger partial charge in [0, 0.05) is 36.8 Å². The Bertz CT molecular complexity index is 1580. The van der Waals surface area contributed by atoms with E-state index in [9.17, 15) is 9.59 Å². The zero-order valence-corrected chi connectivity index (χ0v) is 19.0. The highest BCUT2D eigenvalue weighted by Crippen LogP contribution is 2.28. The molecule has 0 spiro atoms. The third-order valence-corrected chi connectivity index (χ3v) is 6.76. The van der Waals surface area contributed by atoms with Gasteiger partial charge in [0.05, 0.1) is 23.0 Å². The molecule has 1 amide bonds. The first-order valence-electron chi connectivity index (χ1n) is 11.7. The second-order valence-electron chi connectivity index (χ2n) is 8.85. The smallest absolute Gasteiger partial charge is 0.272 e. The molecule has 1 saturated heterocycles. The lowest BCUT2D eigenvalue weighted by molar-refractivity contribution is -0.131. The number of hydrogen-bond donors (Lipinski definition) is 1. The van der Waals surface area contributed by atoms with Crippen LogP contribution in [0.1, 0.15) is 30.3 Å². The molecule has 10 heteroatoms. The number of likely N-dealkylation sites (tertiary alicyclic amines) is 1. The molecule has 1 fully saturated rings. The van der Waals surface area contributed by atoms with E-state index < -0.39 is 0 Å². The monoisotopic (exact) mass is 468 g/mol. The fraction of sp³-hybridized carbons (Fsp3) is 0.280.